The van der Waals surface area contributed by atoms with Crippen molar-refractivity contribution in [3.63, 3.8) is 0 Å². The van der Waals surface area contributed by atoms with Gasteiger partial charge in [-0.1, -0.05) is 31.1 Å². The number of carbonyl (C=O) groups is 1. The summed E-state index contributed by atoms with van der Waals surface area (Å²) in [5, 5.41) is 6.59. The third-order valence-corrected chi connectivity index (χ3v) is 5.85. The van der Waals surface area contributed by atoms with E-state index in [1.54, 1.807) is 25.1 Å². The molecule has 0 aliphatic rings. The van der Waals surface area contributed by atoms with Crippen LogP contribution in [0.2, 0.25) is 0 Å². The number of nitrogens with one attached hydrogen (secondary N) is 2. The molecule has 0 fully saturated rings. The second kappa shape index (κ2) is 8.01. The van der Waals surface area contributed by atoms with Gasteiger partial charge in [0.25, 0.3) is 0 Å². The average Bonchev–Trinajstić information content (AvgIpc) is 2.96. The zero-order chi connectivity index (χ0) is 19.5. The molecule has 0 spiro atoms. The van der Waals surface area contributed by atoms with Gasteiger partial charge in [-0.2, -0.15) is 0 Å². The van der Waals surface area contributed by atoms with Crippen LogP contribution in [0.4, 0.5) is 5.88 Å². The largest absolute Gasteiger partial charge is 0.337 e. The Labute approximate surface area is 154 Å². The molecular formula is C18H25N3O4S. The van der Waals surface area contributed by atoms with Gasteiger partial charge in [-0.3, -0.25) is 10.1 Å². The Balaban J connectivity index is 2.57. The number of nitrogens with zero attached hydrogens (tertiary/aromatic N) is 1. The maximum atomic E-state index is 12.7. The quantitative estimate of drug-likeness (QED) is 0.769. The third-order valence-electron chi connectivity index (χ3n) is 4.12. The molecule has 2 N–H and O–H groups in total. The molecule has 0 bridgehead atoms. The lowest BCUT2D eigenvalue weighted by molar-refractivity contribution is -0.114. The molecule has 1 amide bonds. The van der Waals surface area contributed by atoms with E-state index in [0.717, 1.165) is 0 Å². The van der Waals surface area contributed by atoms with Crippen LogP contribution in [-0.2, 0) is 21.2 Å². The highest BCUT2D eigenvalue weighted by Gasteiger charge is 2.23. The van der Waals surface area contributed by atoms with E-state index >= 15 is 0 Å². The monoisotopic (exact) mass is 379 g/mol. The summed E-state index contributed by atoms with van der Waals surface area (Å²) in [6.45, 7) is 8.77. The van der Waals surface area contributed by atoms with Crippen molar-refractivity contribution in [3.05, 3.63) is 29.5 Å². The smallest absolute Gasteiger partial charge is 0.241 e. The molecule has 1 aromatic carbocycles. The normalized spacial score (nSPS) is 12.8. The molecule has 2 aromatic rings. The second-order valence-electron chi connectivity index (χ2n) is 6.28. The first kappa shape index (κ1) is 20.1. The lowest BCUT2D eigenvalue weighted by atomic mass is 10.0. The van der Waals surface area contributed by atoms with Crippen molar-refractivity contribution < 1.29 is 17.7 Å². The summed E-state index contributed by atoms with van der Waals surface area (Å²) in [6.07, 6.45) is 1.27. The molecule has 26 heavy (non-hydrogen) atoms. The minimum absolute atomic E-state index is 0.167. The van der Waals surface area contributed by atoms with Crippen molar-refractivity contribution in [2.45, 2.75) is 58.4 Å². The first-order valence-corrected chi connectivity index (χ1v) is 10.1. The second-order valence-corrected chi connectivity index (χ2v) is 7.96. The van der Waals surface area contributed by atoms with Crippen molar-refractivity contribution in [1.29, 1.82) is 0 Å². The number of benzene rings is 1. The summed E-state index contributed by atoms with van der Waals surface area (Å²) < 4.78 is 33.4. The molecule has 0 saturated heterocycles. The fourth-order valence-electron chi connectivity index (χ4n) is 2.56. The predicted octanol–water partition coefficient (Wildman–Crippen LogP) is 3.25. The summed E-state index contributed by atoms with van der Waals surface area (Å²) in [5.41, 5.74) is 2.51. The van der Waals surface area contributed by atoms with Crippen LogP contribution in [0, 0.1) is 6.92 Å². The summed E-state index contributed by atoms with van der Waals surface area (Å²) in [5.74, 6) is -0.0696. The molecule has 8 heteroatoms. The number of amides is 1. The minimum Gasteiger partial charge on any atom is -0.337 e. The number of rotatable bonds is 7. The molecule has 0 aliphatic heterocycles. The summed E-state index contributed by atoms with van der Waals surface area (Å²) in [4.78, 5) is 11.6. The SMILES string of the molecule is CCc1noc(NC(C)=O)c1-c1ccc(C)c(S(=O)(=O)N[C@@H](C)CC)c1. The van der Waals surface area contributed by atoms with E-state index in [4.69, 9.17) is 4.52 Å². The first-order chi connectivity index (χ1) is 12.2. The molecule has 1 aromatic heterocycles. The molecule has 1 atom stereocenters. The molecule has 142 valence electrons. The molecule has 0 aliphatic carbocycles. The third kappa shape index (κ3) is 4.31. The number of hydrogen-bond donors (Lipinski definition) is 2. The van der Waals surface area contributed by atoms with Crippen LogP contribution in [0.1, 0.15) is 45.4 Å². The Morgan fingerprint density at radius 1 is 1.31 bits per heavy atom. The van der Waals surface area contributed by atoms with Crippen LogP contribution in [0.25, 0.3) is 11.1 Å². The minimum atomic E-state index is -3.66. The van der Waals surface area contributed by atoms with Crippen LogP contribution in [0.5, 0.6) is 0 Å². The standard InChI is InChI=1S/C18H25N3O4S/c1-6-12(4)21-26(23,24)16-10-14(9-8-11(16)3)17-15(7-2)20-25-18(17)19-13(5)22/h8-10,12,21H,6-7H2,1-5H3,(H,19,22)/t12-/m0/s1. The Hall–Kier alpha value is -2.19. The van der Waals surface area contributed by atoms with Gasteiger partial charge in [-0.05, 0) is 43.9 Å². The fraction of sp³-hybridized carbons (Fsp3) is 0.444. The zero-order valence-electron chi connectivity index (χ0n) is 15.7. The van der Waals surface area contributed by atoms with Crippen molar-refractivity contribution in [2.75, 3.05) is 5.32 Å². The van der Waals surface area contributed by atoms with Gasteiger partial charge < -0.3 is 4.52 Å². The van der Waals surface area contributed by atoms with Crippen molar-refractivity contribution >= 4 is 21.8 Å². The van der Waals surface area contributed by atoms with Crippen molar-refractivity contribution in [3.8, 4) is 11.1 Å². The molecule has 2 rings (SSSR count). The van der Waals surface area contributed by atoms with Gasteiger partial charge in [0, 0.05) is 13.0 Å². The Morgan fingerprint density at radius 2 is 2.00 bits per heavy atom. The van der Waals surface area contributed by atoms with Crippen LogP contribution in [0.15, 0.2) is 27.6 Å². The average molecular weight is 379 g/mol. The van der Waals surface area contributed by atoms with Crippen LogP contribution in [0.3, 0.4) is 0 Å². The molecule has 0 radical (unpaired) electrons. The number of sulfonamides is 1. The molecule has 0 saturated carbocycles. The van der Waals surface area contributed by atoms with Crippen molar-refractivity contribution in [2.24, 2.45) is 0 Å². The van der Waals surface area contributed by atoms with Crippen LogP contribution < -0.4 is 10.0 Å². The van der Waals surface area contributed by atoms with Gasteiger partial charge in [0.15, 0.2) is 0 Å². The summed E-state index contributed by atoms with van der Waals surface area (Å²) in [6, 6.07) is 4.97. The maximum absolute atomic E-state index is 12.7. The van der Waals surface area contributed by atoms with E-state index in [1.807, 2.05) is 20.8 Å². The van der Waals surface area contributed by atoms with Gasteiger partial charge in [0.2, 0.25) is 21.8 Å². The highest BCUT2D eigenvalue weighted by Crippen LogP contribution is 2.34. The number of aryl methyl sites for hydroxylation is 2. The Kier molecular flexibility index (Phi) is 6.20. The van der Waals surface area contributed by atoms with Crippen LogP contribution in [-0.4, -0.2) is 25.5 Å². The Bertz CT molecular complexity index is 903. The molecular weight excluding hydrogens is 354 g/mol. The number of aromatic nitrogens is 1. The zero-order valence-corrected chi connectivity index (χ0v) is 16.5. The van der Waals surface area contributed by atoms with Gasteiger partial charge in [-0.15, -0.1) is 0 Å². The Morgan fingerprint density at radius 3 is 2.58 bits per heavy atom. The molecule has 0 unspecified atom stereocenters. The highest BCUT2D eigenvalue weighted by molar-refractivity contribution is 7.89. The van der Waals surface area contributed by atoms with Crippen molar-refractivity contribution in [1.82, 2.24) is 9.88 Å². The van der Waals surface area contributed by atoms with Gasteiger partial charge in [0.1, 0.15) is 0 Å². The first-order valence-electron chi connectivity index (χ1n) is 8.59. The highest BCUT2D eigenvalue weighted by atomic mass is 32.2. The van der Waals surface area contributed by atoms with Gasteiger partial charge >= 0.3 is 0 Å². The van der Waals surface area contributed by atoms with Gasteiger partial charge in [-0.25, -0.2) is 13.1 Å². The van der Waals surface area contributed by atoms with E-state index in [0.29, 0.717) is 35.2 Å². The van der Waals surface area contributed by atoms with E-state index in [1.165, 1.54) is 6.92 Å². The summed E-state index contributed by atoms with van der Waals surface area (Å²) in [7, 11) is -3.66. The molecule has 1 heterocycles. The predicted molar refractivity (Wildman–Crippen MR) is 100 cm³/mol. The van der Waals surface area contributed by atoms with E-state index in [9.17, 15) is 13.2 Å². The number of carbonyl (C=O) groups excluding carboxylic acids is 1. The van der Waals surface area contributed by atoms with E-state index in [2.05, 4.69) is 15.2 Å². The van der Waals surface area contributed by atoms with Crippen LogP contribution >= 0.6 is 0 Å². The lowest BCUT2D eigenvalue weighted by Gasteiger charge is -2.15. The fourth-order valence-corrected chi connectivity index (χ4v) is 4.16. The number of anilines is 1. The topological polar surface area (TPSA) is 101 Å². The summed E-state index contributed by atoms with van der Waals surface area (Å²) >= 11 is 0. The molecule has 7 nitrogen and oxygen atoms in total. The number of hydrogen-bond acceptors (Lipinski definition) is 5. The van der Waals surface area contributed by atoms with Gasteiger partial charge in [0.05, 0.1) is 16.2 Å². The lowest BCUT2D eigenvalue weighted by Crippen LogP contribution is -2.32. The van der Waals surface area contributed by atoms with E-state index in [-0.39, 0.29) is 22.7 Å². The maximum Gasteiger partial charge on any atom is 0.241 e. The van der Waals surface area contributed by atoms with E-state index < -0.39 is 10.0 Å².